The number of piperidine rings is 1. The Labute approximate surface area is 192 Å². The molecule has 0 N–H and O–H groups in total. The van der Waals surface area contributed by atoms with Gasteiger partial charge >= 0.3 is 6.09 Å². The number of amides is 2. The van der Waals surface area contributed by atoms with Crippen LogP contribution in [0, 0.1) is 5.92 Å². The van der Waals surface area contributed by atoms with Crippen molar-refractivity contribution in [1.82, 2.24) is 14.7 Å². The van der Waals surface area contributed by atoms with Crippen LogP contribution in [0.3, 0.4) is 0 Å². The number of methoxy groups -OCH3 is 1. The van der Waals surface area contributed by atoms with E-state index in [1.54, 1.807) is 12.0 Å². The molecule has 7 heteroatoms. The fourth-order valence-electron chi connectivity index (χ4n) is 4.58. The van der Waals surface area contributed by atoms with Crippen LogP contribution in [0.25, 0.3) is 0 Å². The number of carbonyl (C=O) groups excluding carboxylic acids is 2. The van der Waals surface area contributed by atoms with Crippen molar-refractivity contribution in [2.75, 3.05) is 46.4 Å². The van der Waals surface area contributed by atoms with Gasteiger partial charge in [0.05, 0.1) is 12.6 Å². The van der Waals surface area contributed by atoms with Crippen molar-refractivity contribution in [3.8, 4) is 0 Å². The van der Waals surface area contributed by atoms with Crippen LogP contribution in [0.5, 0.6) is 0 Å². The number of hydrogen-bond acceptors (Lipinski definition) is 5. The summed E-state index contributed by atoms with van der Waals surface area (Å²) in [7, 11) is 1.70. The third-order valence-electron chi connectivity index (χ3n) is 6.22. The van der Waals surface area contributed by atoms with Crippen LogP contribution >= 0.6 is 0 Å². The Kier molecular flexibility index (Phi) is 8.54. The lowest BCUT2D eigenvalue weighted by Gasteiger charge is -2.42. The highest BCUT2D eigenvalue weighted by Crippen LogP contribution is 2.24. The van der Waals surface area contributed by atoms with Gasteiger partial charge in [-0.15, -0.1) is 0 Å². The molecule has 2 saturated heterocycles. The van der Waals surface area contributed by atoms with E-state index in [0.29, 0.717) is 32.0 Å². The molecular weight excluding hydrogens is 406 g/mol. The summed E-state index contributed by atoms with van der Waals surface area (Å²) in [6.45, 7) is 10.8. The lowest BCUT2D eigenvalue weighted by molar-refractivity contribution is -0.139. The minimum atomic E-state index is -0.483. The Morgan fingerprint density at radius 2 is 1.72 bits per heavy atom. The van der Waals surface area contributed by atoms with E-state index in [9.17, 15) is 9.59 Å². The SMILES string of the molecule is COC[C@H]1CN(Cc2ccccc2)CCN1C(=O)CC1CCN(C(=O)OC(C)(C)C)CC1. The van der Waals surface area contributed by atoms with Gasteiger partial charge in [-0.3, -0.25) is 9.69 Å². The van der Waals surface area contributed by atoms with Gasteiger partial charge < -0.3 is 19.3 Å². The van der Waals surface area contributed by atoms with Gasteiger partial charge in [-0.1, -0.05) is 30.3 Å². The summed E-state index contributed by atoms with van der Waals surface area (Å²) < 4.78 is 10.9. The smallest absolute Gasteiger partial charge is 0.410 e. The zero-order valence-corrected chi connectivity index (χ0v) is 20.1. The average Bonchev–Trinajstić information content (AvgIpc) is 2.74. The van der Waals surface area contributed by atoms with Crippen molar-refractivity contribution in [2.45, 2.75) is 58.2 Å². The van der Waals surface area contributed by atoms with Crippen molar-refractivity contribution in [3.63, 3.8) is 0 Å². The predicted octanol–water partition coefficient (Wildman–Crippen LogP) is 3.38. The molecule has 2 aliphatic rings. The van der Waals surface area contributed by atoms with Crippen LogP contribution in [-0.4, -0.2) is 84.8 Å². The molecule has 32 heavy (non-hydrogen) atoms. The van der Waals surface area contributed by atoms with E-state index in [4.69, 9.17) is 9.47 Å². The molecule has 2 fully saturated rings. The van der Waals surface area contributed by atoms with Crippen LogP contribution in [0.2, 0.25) is 0 Å². The normalized spacial score (nSPS) is 20.9. The lowest BCUT2D eigenvalue weighted by Crippen LogP contribution is -2.56. The molecule has 1 aromatic carbocycles. The van der Waals surface area contributed by atoms with Gasteiger partial charge in [0, 0.05) is 52.8 Å². The molecule has 0 radical (unpaired) electrons. The van der Waals surface area contributed by atoms with Crippen molar-refractivity contribution < 1.29 is 19.1 Å². The fraction of sp³-hybridized carbons (Fsp3) is 0.680. The Balaban J connectivity index is 1.48. The largest absolute Gasteiger partial charge is 0.444 e. The van der Waals surface area contributed by atoms with Crippen LogP contribution in [0.15, 0.2) is 30.3 Å². The summed E-state index contributed by atoms with van der Waals surface area (Å²) in [5.41, 5.74) is 0.809. The first-order valence-corrected chi connectivity index (χ1v) is 11.8. The number of benzene rings is 1. The number of likely N-dealkylation sites (tertiary alicyclic amines) is 1. The molecule has 2 heterocycles. The molecule has 1 atom stereocenters. The quantitative estimate of drug-likeness (QED) is 0.672. The molecule has 1 aromatic rings. The van der Waals surface area contributed by atoms with Gasteiger partial charge in [0.1, 0.15) is 5.60 Å². The highest BCUT2D eigenvalue weighted by molar-refractivity contribution is 5.77. The maximum Gasteiger partial charge on any atom is 0.410 e. The van der Waals surface area contributed by atoms with E-state index >= 15 is 0 Å². The Morgan fingerprint density at radius 1 is 1.03 bits per heavy atom. The van der Waals surface area contributed by atoms with Crippen molar-refractivity contribution in [2.24, 2.45) is 5.92 Å². The van der Waals surface area contributed by atoms with E-state index in [1.807, 2.05) is 31.7 Å². The minimum absolute atomic E-state index is 0.0758. The topological polar surface area (TPSA) is 62.3 Å². The predicted molar refractivity (Wildman–Crippen MR) is 124 cm³/mol. The lowest BCUT2D eigenvalue weighted by atomic mass is 9.92. The zero-order valence-electron chi connectivity index (χ0n) is 20.1. The summed E-state index contributed by atoms with van der Waals surface area (Å²) in [6, 6.07) is 10.5. The van der Waals surface area contributed by atoms with Crippen molar-refractivity contribution in [1.29, 1.82) is 0 Å². The van der Waals surface area contributed by atoms with Gasteiger partial charge in [-0.05, 0) is 45.1 Å². The second kappa shape index (κ2) is 11.1. The second-order valence-corrected chi connectivity index (χ2v) is 10.0. The molecule has 2 amide bonds. The third-order valence-corrected chi connectivity index (χ3v) is 6.22. The molecule has 0 bridgehead atoms. The van der Waals surface area contributed by atoms with Gasteiger partial charge in [0.2, 0.25) is 5.91 Å². The highest BCUT2D eigenvalue weighted by atomic mass is 16.6. The molecule has 0 saturated carbocycles. The van der Waals surface area contributed by atoms with Crippen LogP contribution < -0.4 is 0 Å². The average molecular weight is 446 g/mol. The number of hydrogen-bond donors (Lipinski definition) is 0. The van der Waals surface area contributed by atoms with Crippen LogP contribution in [-0.2, 0) is 20.8 Å². The van der Waals surface area contributed by atoms with Crippen molar-refractivity contribution >= 4 is 12.0 Å². The van der Waals surface area contributed by atoms with Gasteiger partial charge in [0.15, 0.2) is 0 Å². The van der Waals surface area contributed by atoms with Gasteiger partial charge in [0.25, 0.3) is 0 Å². The monoisotopic (exact) mass is 445 g/mol. The molecule has 178 valence electrons. The maximum atomic E-state index is 13.2. The van der Waals surface area contributed by atoms with E-state index in [2.05, 4.69) is 29.2 Å². The van der Waals surface area contributed by atoms with Gasteiger partial charge in [-0.25, -0.2) is 4.79 Å². The molecular formula is C25H39N3O4. The Hall–Kier alpha value is -2.12. The summed E-state index contributed by atoms with van der Waals surface area (Å²) in [5.74, 6) is 0.522. The molecule has 0 aromatic heterocycles. The first-order valence-electron chi connectivity index (χ1n) is 11.8. The molecule has 2 aliphatic heterocycles. The summed E-state index contributed by atoms with van der Waals surface area (Å²) >= 11 is 0. The third kappa shape index (κ3) is 7.20. The first kappa shape index (κ1) is 24.5. The Morgan fingerprint density at radius 3 is 2.34 bits per heavy atom. The van der Waals surface area contributed by atoms with E-state index in [1.165, 1.54) is 5.56 Å². The number of rotatable bonds is 6. The van der Waals surface area contributed by atoms with E-state index in [-0.39, 0.29) is 18.0 Å². The standard InChI is InChI=1S/C25H39N3O4/c1-25(2,3)32-24(30)27-12-10-20(11-13-27)16-23(29)28-15-14-26(18-22(28)19-31-4)17-21-8-6-5-7-9-21/h5-9,20,22H,10-19H2,1-4H3/t22-/m1/s1. The van der Waals surface area contributed by atoms with Crippen LogP contribution in [0.1, 0.15) is 45.6 Å². The minimum Gasteiger partial charge on any atom is -0.444 e. The summed E-state index contributed by atoms with van der Waals surface area (Å²) in [5, 5.41) is 0. The summed E-state index contributed by atoms with van der Waals surface area (Å²) in [4.78, 5) is 31.6. The van der Waals surface area contributed by atoms with Crippen LogP contribution in [0.4, 0.5) is 4.79 Å². The molecule has 0 unspecified atom stereocenters. The zero-order chi connectivity index (χ0) is 23.1. The van der Waals surface area contributed by atoms with E-state index in [0.717, 1.165) is 39.0 Å². The van der Waals surface area contributed by atoms with Gasteiger partial charge in [-0.2, -0.15) is 0 Å². The molecule has 0 spiro atoms. The molecule has 3 rings (SSSR count). The highest BCUT2D eigenvalue weighted by Gasteiger charge is 2.33. The Bertz CT molecular complexity index is 741. The fourth-order valence-corrected chi connectivity index (χ4v) is 4.58. The number of carbonyl (C=O) groups is 2. The number of piperazine rings is 1. The first-order chi connectivity index (χ1) is 15.2. The molecule has 7 nitrogen and oxygen atoms in total. The number of nitrogens with zero attached hydrogens (tertiary/aromatic N) is 3. The number of ether oxygens (including phenoxy) is 2. The van der Waals surface area contributed by atoms with E-state index < -0.39 is 5.60 Å². The summed E-state index contributed by atoms with van der Waals surface area (Å²) in [6.07, 6.45) is 1.97. The molecule has 0 aliphatic carbocycles. The maximum absolute atomic E-state index is 13.2. The van der Waals surface area contributed by atoms with Crippen molar-refractivity contribution in [3.05, 3.63) is 35.9 Å². The second-order valence-electron chi connectivity index (χ2n) is 10.0.